The fraction of sp³-hybridized carbons (Fsp3) is 0.600. The van der Waals surface area contributed by atoms with E-state index in [1.807, 2.05) is 6.07 Å². The van der Waals surface area contributed by atoms with Crippen LogP contribution in [0.3, 0.4) is 0 Å². The summed E-state index contributed by atoms with van der Waals surface area (Å²) in [5.41, 5.74) is 6.62. The predicted molar refractivity (Wildman–Crippen MR) is 55.8 cm³/mol. The smallest absolute Gasteiger partial charge is 0.126 e. The van der Waals surface area contributed by atoms with E-state index in [4.69, 9.17) is 5.73 Å². The van der Waals surface area contributed by atoms with E-state index in [1.54, 1.807) is 0 Å². The number of nitrogens with zero attached hydrogens (tertiary/aromatic N) is 3. The summed E-state index contributed by atoms with van der Waals surface area (Å²) in [6.07, 6.45) is 5.19. The molecule has 0 unspecified atom stereocenters. The maximum Gasteiger partial charge on any atom is 0.126 e. The molecule has 1 aliphatic heterocycles. The van der Waals surface area contributed by atoms with Crippen molar-refractivity contribution in [3.05, 3.63) is 18.1 Å². The van der Waals surface area contributed by atoms with Crippen LogP contribution < -0.4 is 5.73 Å². The summed E-state index contributed by atoms with van der Waals surface area (Å²) in [4.78, 5) is 10.5. The monoisotopic (exact) mass is 192 g/mol. The van der Waals surface area contributed by atoms with Gasteiger partial charge in [0.2, 0.25) is 0 Å². The minimum atomic E-state index is 0.566. The molecular formula is C10H16N4. The molecule has 0 bridgehead atoms. The van der Waals surface area contributed by atoms with Crippen LogP contribution in [0.4, 0.5) is 5.82 Å². The van der Waals surface area contributed by atoms with Gasteiger partial charge in [0.1, 0.15) is 12.1 Å². The molecule has 0 radical (unpaired) electrons. The highest BCUT2D eigenvalue weighted by atomic mass is 15.1. The summed E-state index contributed by atoms with van der Waals surface area (Å²) in [5, 5.41) is 0. The summed E-state index contributed by atoms with van der Waals surface area (Å²) in [6.45, 7) is 3.57. The van der Waals surface area contributed by atoms with Crippen LogP contribution in [-0.4, -0.2) is 34.5 Å². The van der Waals surface area contributed by atoms with E-state index >= 15 is 0 Å². The number of rotatable bonds is 3. The Bertz CT molecular complexity index is 294. The number of hydrogen-bond donors (Lipinski definition) is 1. The van der Waals surface area contributed by atoms with Gasteiger partial charge in [-0.15, -0.1) is 0 Å². The molecule has 0 spiro atoms. The lowest BCUT2D eigenvalue weighted by Gasteiger charge is -2.13. The van der Waals surface area contributed by atoms with Crippen molar-refractivity contribution in [2.24, 2.45) is 0 Å². The van der Waals surface area contributed by atoms with Crippen molar-refractivity contribution in [1.82, 2.24) is 14.9 Å². The van der Waals surface area contributed by atoms with Gasteiger partial charge >= 0.3 is 0 Å². The minimum Gasteiger partial charge on any atom is -0.384 e. The molecule has 0 amide bonds. The van der Waals surface area contributed by atoms with Crippen LogP contribution in [0.25, 0.3) is 0 Å². The Hall–Kier alpha value is -1.16. The van der Waals surface area contributed by atoms with Crippen LogP contribution in [0, 0.1) is 0 Å². The van der Waals surface area contributed by atoms with Gasteiger partial charge in [-0.1, -0.05) is 0 Å². The fourth-order valence-electron chi connectivity index (χ4n) is 1.83. The molecule has 4 nitrogen and oxygen atoms in total. The van der Waals surface area contributed by atoms with Gasteiger partial charge in [0.15, 0.2) is 0 Å². The summed E-state index contributed by atoms with van der Waals surface area (Å²) >= 11 is 0. The number of aromatic nitrogens is 2. The number of nitrogens with two attached hydrogens (primary N) is 1. The Morgan fingerprint density at radius 2 is 2.07 bits per heavy atom. The second-order valence-electron chi connectivity index (χ2n) is 3.73. The van der Waals surface area contributed by atoms with Gasteiger partial charge in [0, 0.05) is 24.7 Å². The number of anilines is 1. The lowest BCUT2D eigenvalue weighted by atomic mass is 10.3. The van der Waals surface area contributed by atoms with Crippen molar-refractivity contribution < 1.29 is 0 Å². The van der Waals surface area contributed by atoms with E-state index in [2.05, 4.69) is 14.9 Å². The van der Waals surface area contributed by atoms with Crippen molar-refractivity contribution in [3.63, 3.8) is 0 Å². The molecule has 14 heavy (non-hydrogen) atoms. The highest BCUT2D eigenvalue weighted by Crippen LogP contribution is 2.08. The SMILES string of the molecule is Nc1cc(CCN2CCCC2)ncn1. The second-order valence-corrected chi connectivity index (χ2v) is 3.73. The van der Waals surface area contributed by atoms with Crippen LogP contribution in [0.5, 0.6) is 0 Å². The molecule has 1 aromatic rings. The Kier molecular flexibility index (Phi) is 2.93. The zero-order chi connectivity index (χ0) is 9.80. The van der Waals surface area contributed by atoms with Gasteiger partial charge in [0.05, 0.1) is 0 Å². The Morgan fingerprint density at radius 3 is 2.79 bits per heavy atom. The third-order valence-electron chi connectivity index (χ3n) is 2.63. The largest absolute Gasteiger partial charge is 0.384 e. The van der Waals surface area contributed by atoms with E-state index in [-0.39, 0.29) is 0 Å². The van der Waals surface area contributed by atoms with Crippen molar-refractivity contribution >= 4 is 5.82 Å². The predicted octanol–water partition coefficient (Wildman–Crippen LogP) is 0.697. The van der Waals surface area contributed by atoms with Gasteiger partial charge in [0.25, 0.3) is 0 Å². The highest BCUT2D eigenvalue weighted by molar-refractivity contribution is 5.27. The van der Waals surface area contributed by atoms with E-state index in [0.717, 1.165) is 18.7 Å². The number of likely N-dealkylation sites (tertiary alicyclic amines) is 1. The molecule has 2 heterocycles. The molecule has 4 heteroatoms. The second kappa shape index (κ2) is 4.37. The normalized spacial score (nSPS) is 17.4. The number of nitrogen functional groups attached to an aromatic ring is 1. The maximum atomic E-state index is 5.58. The lowest BCUT2D eigenvalue weighted by Crippen LogP contribution is -2.22. The highest BCUT2D eigenvalue weighted by Gasteiger charge is 2.10. The van der Waals surface area contributed by atoms with E-state index in [0.29, 0.717) is 5.82 Å². The fourth-order valence-corrected chi connectivity index (χ4v) is 1.83. The molecule has 0 atom stereocenters. The van der Waals surface area contributed by atoms with Crippen LogP contribution in [0.15, 0.2) is 12.4 Å². The zero-order valence-electron chi connectivity index (χ0n) is 8.32. The lowest BCUT2D eigenvalue weighted by molar-refractivity contribution is 0.342. The van der Waals surface area contributed by atoms with Gasteiger partial charge in [-0.25, -0.2) is 9.97 Å². The topological polar surface area (TPSA) is 55.0 Å². The van der Waals surface area contributed by atoms with Crippen molar-refractivity contribution in [1.29, 1.82) is 0 Å². The summed E-state index contributed by atoms with van der Waals surface area (Å²) in [7, 11) is 0. The first-order chi connectivity index (χ1) is 6.84. The zero-order valence-corrected chi connectivity index (χ0v) is 8.32. The van der Waals surface area contributed by atoms with Crippen LogP contribution in [0.1, 0.15) is 18.5 Å². The summed E-state index contributed by atoms with van der Waals surface area (Å²) < 4.78 is 0. The Labute approximate surface area is 84.2 Å². The van der Waals surface area contributed by atoms with Crippen LogP contribution >= 0.6 is 0 Å². The van der Waals surface area contributed by atoms with Gasteiger partial charge in [-0.05, 0) is 25.9 Å². The van der Waals surface area contributed by atoms with Gasteiger partial charge < -0.3 is 10.6 Å². The maximum absolute atomic E-state index is 5.58. The van der Waals surface area contributed by atoms with E-state index < -0.39 is 0 Å². The molecule has 1 fully saturated rings. The third kappa shape index (κ3) is 2.42. The first kappa shape index (κ1) is 9.40. The Balaban J connectivity index is 1.85. The number of hydrogen-bond acceptors (Lipinski definition) is 4. The van der Waals surface area contributed by atoms with Crippen molar-refractivity contribution in [2.45, 2.75) is 19.3 Å². The van der Waals surface area contributed by atoms with Crippen molar-refractivity contribution in [2.75, 3.05) is 25.4 Å². The van der Waals surface area contributed by atoms with Crippen LogP contribution in [-0.2, 0) is 6.42 Å². The summed E-state index contributed by atoms with van der Waals surface area (Å²) in [6, 6.07) is 1.86. The third-order valence-corrected chi connectivity index (χ3v) is 2.63. The quantitative estimate of drug-likeness (QED) is 0.765. The average Bonchev–Trinajstić information content (AvgIpc) is 2.67. The van der Waals surface area contributed by atoms with E-state index in [1.165, 1.54) is 32.3 Å². The molecule has 0 aromatic carbocycles. The molecule has 76 valence electrons. The molecular weight excluding hydrogens is 176 g/mol. The minimum absolute atomic E-state index is 0.566. The van der Waals surface area contributed by atoms with Gasteiger partial charge in [-0.3, -0.25) is 0 Å². The molecule has 1 aliphatic rings. The van der Waals surface area contributed by atoms with Crippen LogP contribution in [0.2, 0.25) is 0 Å². The first-order valence-corrected chi connectivity index (χ1v) is 5.13. The molecule has 0 aliphatic carbocycles. The molecule has 0 saturated carbocycles. The van der Waals surface area contributed by atoms with Crippen molar-refractivity contribution in [3.8, 4) is 0 Å². The standard InChI is InChI=1S/C10H16N4/c11-10-7-9(12-8-13-10)3-6-14-4-1-2-5-14/h7-8H,1-6H2,(H2,11,12,13). The van der Waals surface area contributed by atoms with Gasteiger partial charge in [-0.2, -0.15) is 0 Å². The summed E-state index contributed by atoms with van der Waals surface area (Å²) in [5.74, 6) is 0.566. The Morgan fingerprint density at radius 1 is 1.29 bits per heavy atom. The molecule has 1 saturated heterocycles. The average molecular weight is 192 g/mol. The molecule has 1 aromatic heterocycles. The molecule has 2 N–H and O–H groups in total. The van der Waals surface area contributed by atoms with E-state index in [9.17, 15) is 0 Å². The molecule has 2 rings (SSSR count). The first-order valence-electron chi connectivity index (χ1n) is 5.13.